The highest BCUT2D eigenvalue weighted by Crippen LogP contribution is 2.25. The number of hydrogen-bond donors (Lipinski definition) is 0. The van der Waals surface area contributed by atoms with Crippen molar-refractivity contribution in [2.24, 2.45) is 4.99 Å². The van der Waals surface area contributed by atoms with Crippen LogP contribution < -0.4 is 4.80 Å². The van der Waals surface area contributed by atoms with Gasteiger partial charge in [-0.1, -0.05) is 41.1 Å². The molecule has 0 aliphatic heterocycles. The highest BCUT2D eigenvalue weighted by molar-refractivity contribution is 7.91. The molecule has 0 saturated heterocycles. The third-order valence-corrected chi connectivity index (χ3v) is 7.13. The van der Waals surface area contributed by atoms with E-state index in [2.05, 4.69) is 4.99 Å². The van der Waals surface area contributed by atoms with Gasteiger partial charge in [0.05, 0.1) is 20.9 Å². The number of halogens is 1. The van der Waals surface area contributed by atoms with Gasteiger partial charge in [-0.3, -0.25) is 4.79 Å². The van der Waals surface area contributed by atoms with Gasteiger partial charge in [0.25, 0.3) is 0 Å². The Labute approximate surface area is 166 Å². The fraction of sp³-hybridized carbons (Fsp3) is 0.263. The fourth-order valence-electron chi connectivity index (χ4n) is 2.88. The van der Waals surface area contributed by atoms with E-state index >= 15 is 0 Å². The summed E-state index contributed by atoms with van der Waals surface area (Å²) >= 11 is 7.50. The van der Waals surface area contributed by atoms with Gasteiger partial charge in [0, 0.05) is 18.0 Å². The number of carbonyl (C=O) groups excluding carboxylic acids is 1. The van der Waals surface area contributed by atoms with Crippen LogP contribution in [0.25, 0.3) is 10.2 Å². The average molecular weight is 423 g/mol. The van der Waals surface area contributed by atoms with Crippen molar-refractivity contribution in [2.75, 3.05) is 5.75 Å². The van der Waals surface area contributed by atoms with Crippen LogP contribution in [0.5, 0.6) is 0 Å². The summed E-state index contributed by atoms with van der Waals surface area (Å²) in [4.78, 5) is 17.3. The highest BCUT2D eigenvalue weighted by atomic mass is 35.5. The molecule has 0 saturated carbocycles. The van der Waals surface area contributed by atoms with Crippen molar-refractivity contribution in [2.45, 2.75) is 31.7 Å². The molecule has 1 aromatic heterocycles. The number of aryl methyl sites for hydroxylation is 2. The van der Waals surface area contributed by atoms with Crippen molar-refractivity contribution in [3.63, 3.8) is 0 Å². The van der Waals surface area contributed by atoms with E-state index in [0.29, 0.717) is 16.4 Å². The average Bonchev–Trinajstić information content (AvgIpc) is 2.98. The molecule has 0 fully saturated rings. The van der Waals surface area contributed by atoms with Crippen LogP contribution >= 0.6 is 22.9 Å². The Kier molecular flexibility index (Phi) is 5.83. The first-order valence-electron chi connectivity index (χ1n) is 8.46. The summed E-state index contributed by atoms with van der Waals surface area (Å²) in [5.74, 6) is -0.715. The zero-order chi connectivity index (χ0) is 19.6. The van der Waals surface area contributed by atoms with Gasteiger partial charge < -0.3 is 4.57 Å². The number of amides is 1. The van der Waals surface area contributed by atoms with Crippen molar-refractivity contribution < 1.29 is 13.2 Å². The van der Waals surface area contributed by atoms with Crippen LogP contribution in [-0.2, 0) is 21.2 Å². The van der Waals surface area contributed by atoms with E-state index in [1.54, 1.807) is 18.2 Å². The molecule has 0 aliphatic rings. The van der Waals surface area contributed by atoms with E-state index in [9.17, 15) is 13.2 Å². The number of aromatic nitrogens is 1. The van der Waals surface area contributed by atoms with Gasteiger partial charge in [0.15, 0.2) is 14.6 Å². The van der Waals surface area contributed by atoms with Gasteiger partial charge in [0.1, 0.15) is 0 Å². The minimum Gasteiger partial charge on any atom is -0.316 e. The largest absolute Gasteiger partial charge is 0.316 e. The molecule has 142 valence electrons. The molecule has 0 atom stereocenters. The zero-order valence-corrected chi connectivity index (χ0v) is 17.4. The molecule has 0 spiro atoms. The SMILES string of the molecule is CCn1c(=NC(=O)CCS(=O)(=O)c2ccccc2)sc2cc(Cl)cc(C)c21. The normalized spacial score (nSPS) is 12.6. The maximum absolute atomic E-state index is 12.3. The maximum Gasteiger partial charge on any atom is 0.249 e. The zero-order valence-electron chi connectivity index (χ0n) is 15.0. The first kappa shape index (κ1) is 19.8. The molecule has 0 aliphatic carbocycles. The topological polar surface area (TPSA) is 68.5 Å². The van der Waals surface area contributed by atoms with Crippen LogP contribution in [0.3, 0.4) is 0 Å². The Morgan fingerprint density at radius 3 is 2.59 bits per heavy atom. The second kappa shape index (κ2) is 7.96. The van der Waals surface area contributed by atoms with Crippen LogP contribution in [0.15, 0.2) is 52.4 Å². The molecule has 1 amide bonds. The molecule has 0 radical (unpaired) electrons. The lowest BCUT2D eigenvalue weighted by Crippen LogP contribution is -2.17. The molecule has 2 aromatic carbocycles. The summed E-state index contributed by atoms with van der Waals surface area (Å²) in [6.07, 6.45) is -0.158. The van der Waals surface area contributed by atoms with Crippen molar-refractivity contribution >= 4 is 48.9 Å². The number of nitrogens with zero attached hydrogens (tertiary/aromatic N) is 2. The molecule has 0 bridgehead atoms. The van der Waals surface area contributed by atoms with Crippen molar-refractivity contribution in [1.82, 2.24) is 4.57 Å². The third-order valence-electron chi connectivity index (χ3n) is 4.16. The Bertz CT molecular complexity index is 1160. The summed E-state index contributed by atoms with van der Waals surface area (Å²) in [5.41, 5.74) is 2.01. The number of thiazole rings is 1. The molecular formula is C19H19ClN2O3S2. The van der Waals surface area contributed by atoms with Crippen LogP contribution in [0.4, 0.5) is 0 Å². The van der Waals surface area contributed by atoms with Crippen LogP contribution in [0.2, 0.25) is 5.02 Å². The number of sulfone groups is 1. The van der Waals surface area contributed by atoms with Crippen LogP contribution in [0.1, 0.15) is 18.9 Å². The highest BCUT2D eigenvalue weighted by Gasteiger charge is 2.16. The second-order valence-corrected chi connectivity index (χ2v) is 9.64. The Morgan fingerprint density at radius 2 is 1.93 bits per heavy atom. The van der Waals surface area contributed by atoms with Crippen molar-refractivity contribution in [3.05, 3.63) is 57.9 Å². The number of hydrogen-bond acceptors (Lipinski definition) is 4. The smallest absolute Gasteiger partial charge is 0.249 e. The van der Waals surface area contributed by atoms with Crippen LogP contribution in [0, 0.1) is 6.92 Å². The molecule has 0 unspecified atom stereocenters. The summed E-state index contributed by atoms with van der Waals surface area (Å²) in [6, 6.07) is 11.9. The summed E-state index contributed by atoms with van der Waals surface area (Å²) < 4.78 is 27.6. The number of rotatable bonds is 5. The molecular weight excluding hydrogens is 404 g/mol. The summed E-state index contributed by atoms with van der Waals surface area (Å²) in [5, 5.41) is 0.635. The van der Waals surface area contributed by atoms with Crippen molar-refractivity contribution in [1.29, 1.82) is 0 Å². The van der Waals surface area contributed by atoms with E-state index in [1.807, 2.05) is 30.5 Å². The summed E-state index contributed by atoms with van der Waals surface area (Å²) in [7, 11) is -3.50. The number of benzene rings is 2. The maximum atomic E-state index is 12.3. The quantitative estimate of drug-likeness (QED) is 0.624. The van der Waals surface area contributed by atoms with Gasteiger partial charge in [-0.15, -0.1) is 0 Å². The first-order chi connectivity index (χ1) is 12.8. The van der Waals surface area contributed by atoms with E-state index in [1.165, 1.54) is 23.5 Å². The van der Waals surface area contributed by atoms with Gasteiger partial charge in [-0.2, -0.15) is 4.99 Å². The van der Waals surface area contributed by atoms with E-state index in [0.717, 1.165) is 15.8 Å². The van der Waals surface area contributed by atoms with E-state index < -0.39 is 15.7 Å². The van der Waals surface area contributed by atoms with Crippen molar-refractivity contribution in [3.8, 4) is 0 Å². The molecule has 0 N–H and O–H groups in total. The van der Waals surface area contributed by atoms with E-state index in [-0.39, 0.29) is 17.1 Å². The molecule has 3 rings (SSSR count). The van der Waals surface area contributed by atoms with Gasteiger partial charge in [-0.25, -0.2) is 8.42 Å². The molecule has 8 heteroatoms. The molecule has 27 heavy (non-hydrogen) atoms. The Hall–Kier alpha value is -1.96. The van der Waals surface area contributed by atoms with Gasteiger partial charge >= 0.3 is 0 Å². The monoisotopic (exact) mass is 422 g/mol. The molecule has 1 heterocycles. The standard InChI is InChI=1S/C19H19ClN2O3S2/c1-3-22-18-13(2)11-14(20)12-16(18)26-19(22)21-17(23)9-10-27(24,25)15-7-5-4-6-8-15/h4-8,11-12H,3,9-10H2,1-2H3. The van der Waals surface area contributed by atoms with E-state index in [4.69, 9.17) is 11.6 Å². The van der Waals surface area contributed by atoms with Crippen LogP contribution in [-0.4, -0.2) is 24.6 Å². The lowest BCUT2D eigenvalue weighted by molar-refractivity contribution is -0.117. The van der Waals surface area contributed by atoms with Gasteiger partial charge in [0.2, 0.25) is 5.91 Å². The minimum absolute atomic E-state index is 0.158. The molecule has 5 nitrogen and oxygen atoms in total. The number of carbonyl (C=O) groups is 1. The fourth-order valence-corrected chi connectivity index (χ4v) is 5.70. The predicted octanol–water partition coefficient (Wildman–Crippen LogP) is 3.98. The number of fused-ring (bicyclic) bond motifs is 1. The third kappa shape index (κ3) is 4.31. The summed E-state index contributed by atoms with van der Waals surface area (Å²) in [6.45, 7) is 4.59. The predicted molar refractivity (Wildman–Crippen MR) is 109 cm³/mol. The minimum atomic E-state index is -3.50. The second-order valence-electron chi connectivity index (χ2n) is 6.09. The first-order valence-corrected chi connectivity index (χ1v) is 11.3. The Balaban J connectivity index is 1.89. The molecule has 3 aromatic rings. The lowest BCUT2D eigenvalue weighted by atomic mass is 10.2. The van der Waals surface area contributed by atoms with Gasteiger partial charge in [-0.05, 0) is 43.7 Å². The lowest BCUT2D eigenvalue weighted by Gasteiger charge is -2.04. The Morgan fingerprint density at radius 1 is 1.22 bits per heavy atom.